The molecule has 1 heterocycles. The molecule has 1 aliphatic heterocycles. The molecule has 0 spiro atoms. The molecule has 7 heteroatoms. The Morgan fingerprint density at radius 1 is 1.30 bits per heavy atom. The van der Waals surface area contributed by atoms with Gasteiger partial charge in [-0.15, -0.1) is 0 Å². The number of rotatable bonds is 3. The van der Waals surface area contributed by atoms with Gasteiger partial charge in [0, 0.05) is 36.2 Å². The van der Waals surface area contributed by atoms with E-state index in [2.05, 4.69) is 64.1 Å². The minimum atomic E-state index is -0.0372. The smallest absolute Gasteiger partial charge is 0.144 e. The van der Waals surface area contributed by atoms with Crippen molar-refractivity contribution in [2.24, 2.45) is 0 Å². The molecule has 20 heavy (non-hydrogen) atoms. The van der Waals surface area contributed by atoms with Crippen molar-refractivity contribution in [1.82, 2.24) is 10.2 Å². The van der Waals surface area contributed by atoms with Crippen molar-refractivity contribution in [3.05, 3.63) is 25.0 Å². The van der Waals surface area contributed by atoms with Gasteiger partial charge in [0.05, 0.1) is 27.5 Å². The fourth-order valence-electron chi connectivity index (χ4n) is 2.39. The molecule has 0 radical (unpaired) electrons. The van der Waals surface area contributed by atoms with Crippen molar-refractivity contribution in [2.75, 3.05) is 26.2 Å². The SMILES string of the molecule is N#CC[C@H](c1c(Br)cc(Br)c(O)c1Br)N1CCNCC1. The van der Waals surface area contributed by atoms with Gasteiger partial charge >= 0.3 is 0 Å². The molecule has 1 aromatic rings. The van der Waals surface area contributed by atoms with Crippen LogP contribution in [0.15, 0.2) is 19.5 Å². The highest BCUT2D eigenvalue weighted by atomic mass is 79.9. The Hall–Kier alpha value is -0.130. The van der Waals surface area contributed by atoms with Crippen molar-refractivity contribution >= 4 is 47.8 Å². The van der Waals surface area contributed by atoms with E-state index in [1.165, 1.54) is 0 Å². The fraction of sp³-hybridized carbons (Fsp3) is 0.462. The standard InChI is InChI=1S/C13H14Br3N3O/c14-8-7-9(15)13(20)12(16)11(8)10(1-2-17)19-5-3-18-4-6-19/h7,10,18,20H,1,3-6H2/t10-/m1/s1. The van der Waals surface area contributed by atoms with E-state index in [9.17, 15) is 5.11 Å². The average Bonchev–Trinajstić information content (AvgIpc) is 2.45. The minimum absolute atomic E-state index is 0.0372. The Balaban J connectivity index is 2.44. The fourth-order valence-corrected chi connectivity index (χ4v) is 5.04. The van der Waals surface area contributed by atoms with Crippen molar-refractivity contribution in [3.63, 3.8) is 0 Å². The zero-order valence-electron chi connectivity index (χ0n) is 10.7. The van der Waals surface area contributed by atoms with Gasteiger partial charge in [0.15, 0.2) is 0 Å². The van der Waals surface area contributed by atoms with Crippen LogP contribution in [0.5, 0.6) is 5.75 Å². The van der Waals surface area contributed by atoms with Gasteiger partial charge in [0.25, 0.3) is 0 Å². The largest absolute Gasteiger partial charge is 0.506 e. The van der Waals surface area contributed by atoms with E-state index in [1.807, 2.05) is 6.07 Å². The Labute approximate surface area is 143 Å². The number of halogens is 3. The monoisotopic (exact) mass is 465 g/mol. The summed E-state index contributed by atoms with van der Waals surface area (Å²) in [4.78, 5) is 2.28. The molecule has 0 bridgehead atoms. The number of piperazine rings is 1. The summed E-state index contributed by atoms with van der Waals surface area (Å²) in [7, 11) is 0. The molecule has 108 valence electrons. The van der Waals surface area contributed by atoms with Crippen LogP contribution in [0.1, 0.15) is 18.0 Å². The van der Waals surface area contributed by atoms with E-state index < -0.39 is 0 Å². The molecule has 0 unspecified atom stereocenters. The Morgan fingerprint density at radius 2 is 1.95 bits per heavy atom. The van der Waals surface area contributed by atoms with Crippen molar-refractivity contribution in [1.29, 1.82) is 5.26 Å². The van der Waals surface area contributed by atoms with E-state index in [0.29, 0.717) is 15.4 Å². The Morgan fingerprint density at radius 3 is 2.55 bits per heavy atom. The number of benzene rings is 1. The molecule has 0 amide bonds. The maximum absolute atomic E-state index is 10.1. The van der Waals surface area contributed by atoms with E-state index in [4.69, 9.17) is 5.26 Å². The lowest BCUT2D eigenvalue weighted by Gasteiger charge is -2.35. The predicted molar refractivity (Wildman–Crippen MR) is 88.6 cm³/mol. The maximum atomic E-state index is 10.1. The van der Waals surface area contributed by atoms with Gasteiger partial charge in [-0.2, -0.15) is 5.26 Å². The van der Waals surface area contributed by atoms with E-state index in [0.717, 1.165) is 36.2 Å². The number of nitrogens with one attached hydrogen (secondary N) is 1. The molecular weight excluding hydrogens is 454 g/mol. The highest BCUT2D eigenvalue weighted by Gasteiger charge is 2.27. The highest BCUT2D eigenvalue weighted by Crippen LogP contribution is 2.44. The molecule has 1 atom stereocenters. The van der Waals surface area contributed by atoms with Crippen LogP contribution in [0.4, 0.5) is 0 Å². The van der Waals surface area contributed by atoms with E-state index in [-0.39, 0.29) is 11.8 Å². The Bertz CT molecular complexity index is 539. The van der Waals surface area contributed by atoms with E-state index in [1.54, 1.807) is 0 Å². The Kier molecular flexibility index (Phi) is 5.87. The molecule has 1 aromatic carbocycles. The molecule has 1 fully saturated rings. The van der Waals surface area contributed by atoms with Crippen LogP contribution in [0.2, 0.25) is 0 Å². The number of aromatic hydroxyl groups is 1. The number of nitriles is 1. The van der Waals surface area contributed by atoms with Gasteiger partial charge < -0.3 is 10.4 Å². The molecule has 1 aliphatic rings. The van der Waals surface area contributed by atoms with Gasteiger partial charge in [-0.3, -0.25) is 4.90 Å². The van der Waals surface area contributed by atoms with Gasteiger partial charge in [-0.05, 0) is 37.9 Å². The van der Waals surface area contributed by atoms with Crippen LogP contribution in [-0.4, -0.2) is 36.2 Å². The highest BCUT2D eigenvalue weighted by molar-refractivity contribution is 9.11. The summed E-state index contributed by atoms with van der Waals surface area (Å²) in [5, 5.41) is 22.5. The summed E-state index contributed by atoms with van der Waals surface area (Å²) in [5.74, 6) is 0.168. The first-order valence-electron chi connectivity index (χ1n) is 6.24. The van der Waals surface area contributed by atoms with Gasteiger partial charge in [0.2, 0.25) is 0 Å². The van der Waals surface area contributed by atoms with Crippen LogP contribution in [-0.2, 0) is 0 Å². The van der Waals surface area contributed by atoms with Crippen LogP contribution in [0, 0.1) is 11.3 Å². The molecule has 4 nitrogen and oxygen atoms in total. The van der Waals surface area contributed by atoms with Crippen LogP contribution < -0.4 is 5.32 Å². The van der Waals surface area contributed by atoms with Crippen LogP contribution in [0.3, 0.4) is 0 Å². The summed E-state index contributed by atoms with van der Waals surface area (Å²) in [6, 6.07) is 4.04. The van der Waals surface area contributed by atoms with Crippen molar-refractivity contribution in [3.8, 4) is 11.8 Å². The molecule has 2 rings (SSSR count). The maximum Gasteiger partial charge on any atom is 0.144 e. The first-order chi connectivity index (χ1) is 9.56. The van der Waals surface area contributed by atoms with Crippen molar-refractivity contribution in [2.45, 2.75) is 12.5 Å². The first-order valence-corrected chi connectivity index (χ1v) is 8.62. The third-order valence-electron chi connectivity index (χ3n) is 3.39. The van der Waals surface area contributed by atoms with Gasteiger partial charge in [0.1, 0.15) is 5.75 Å². The minimum Gasteiger partial charge on any atom is -0.506 e. The second kappa shape index (κ2) is 7.23. The second-order valence-electron chi connectivity index (χ2n) is 4.58. The van der Waals surface area contributed by atoms with Gasteiger partial charge in [-0.1, -0.05) is 15.9 Å². The summed E-state index contributed by atoms with van der Waals surface area (Å²) >= 11 is 10.3. The first kappa shape index (κ1) is 16.2. The molecule has 0 saturated carbocycles. The normalized spacial score (nSPS) is 17.7. The molecule has 0 aliphatic carbocycles. The number of nitrogens with zero attached hydrogens (tertiary/aromatic N) is 2. The average molecular weight is 468 g/mol. The molecule has 2 N–H and O–H groups in total. The zero-order chi connectivity index (χ0) is 14.7. The summed E-state index contributed by atoms with van der Waals surface area (Å²) < 4.78 is 2.14. The molecular formula is C13H14Br3N3O. The van der Waals surface area contributed by atoms with Crippen LogP contribution in [0.25, 0.3) is 0 Å². The third kappa shape index (κ3) is 3.37. The van der Waals surface area contributed by atoms with Crippen LogP contribution >= 0.6 is 47.8 Å². The quantitative estimate of drug-likeness (QED) is 0.714. The lowest BCUT2D eigenvalue weighted by molar-refractivity contribution is 0.174. The number of phenolic OH excluding ortho intramolecular Hbond substituents is 1. The zero-order valence-corrected chi connectivity index (χ0v) is 15.4. The summed E-state index contributed by atoms with van der Waals surface area (Å²) in [6.45, 7) is 3.61. The lowest BCUT2D eigenvalue weighted by Crippen LogP contribution is -2.45. The van der Waals surface area contributed by atoms with Crippen molar-refractivity contribution < 1.29 is 5.11 Å². The predicted octanol–water partition coefficient (Wildman–Crippen LogP) is 3.54. The number of phenols is 1. The van der Waals surface area contributed by atoms with Gasteiger partial charge in [-0.25, -0.2) is 0 Å². The molecule has 0 aromatic heterocycles. The summed E-state index contributed by atoms with van der Waals surface area (Å²) in [5.41, 5.74) is 0.925. The lowest BCUT2D eigenvalue weighted by atomic mass is 10.0. The summed E-state index contributed by atoms with van der Waals surface area (Å²) in [6.07, 6.45) is 0.387. The third-order valence-corrected chi connectivity index (χ3v) is 5.45. The molecule has 1 saturated heterocycles. The number of hydrogen-bond acceptors (Lipinski definition) is 4. The topological polar surface area (TPSA) is 59.3 Å². The number of hydrogen-bond donors (Lipinski definition) is 2. The van der Waals surface area contributed by atoms with E-state index >= 15 is 0 Å². The second-order valence-corrected chi connectivity index (χ2v) is 7.08.